The van der Waals surface area contributed by atoms with Crippen LogP contribution in [0.15, 0.2) is 0 Å². The van der Waals surface area contributed by atoms with Crippen LogP contribution in [0.1, 0.15) is 6.92 Å². The smallest absolute Gasteiger partial charge is 0.307 e. The molecule has 52 valence electrons. The molecular formula is C6H11NO2. The van der Waals surface area contributed by atoms with Crippen LogP contribution in [0.25, 0.3) is 0 Å². The lowest BCUT2D eigenvalue weighted by Gasteiger charge is -2.03. The molecule has 0 radical (unpaired) electrons. The Morgan fingerprint density at radius 3 is 2.67 bits per heavy atom. The van der Waals surface area contributed by atoms with Crippen molar-refractivity contribution < 1.29 is 9.90 Å². The van der Waals surface area contributed by atoms with Crippen LogP contribution in [0.2, 0.25) is 0 Å². The van der Waals surface area contributed by atoms with Crippen LogP contribution < -0.4 is 0 Å². The largest absolute Gasteiger partial charge is 0.481 e. The molecule has 1 atom stereocenters. The van der Waals surface area contributed by atoms with E-state index in [0.717, 1.165) is 19.6 Å². The van der Waals surface area contributed by atoms with Gasteiger partial charge in [0.05, 0.1) is 5.92 Å². The number of nitrogens with zero attached hydrogens (tertiary/aromatic N) is 1. The number of carbonyl (C=O) groups is 1. The minimum atomic E-state index is -0.693. The molecule has 1 aliphatic heterocycles. The molecule has 9 heavy (non-hydrogen) atoms. The summed E-state index contributed by atoms with van der Waals surface area (Å²) in [6, 6.07) is 0. The van der Waals surface area contributed by atoms with Gasteiger partial charge in [-0.3, -0.25) is 9.69 Å². The monoisotopic (exact) mass is 129 g/mol. The predicted molar refractivity (Wildman–Crippen MR) is 33.2 cm³/mol. The summed E-state index contributed by atoms with van der Waals surface area (Å²) in [4.78, 5) is 12.3. The number of hydrogen-bond acceptors (Lipinski definition) is 2. The Bertz CT molecular complexity index is 120. The Balaban J connectivity index is 2.16. The van der Waals surface area contributed by atoms with Crippen LogP contribution in [0, 0.1) is 5.92 Å². The van der Waals surface area contributed by atoms with E-state index in [0.29, 0.717) is 0 Å². The molecule has 3 heteroatoms. The third kappa shape index (κ3) is 2.01. The van der Waals surface area contributed by atoms with Crippen molar-refractivity contribution >= 4 is 5.97 Å². The average Bonchev–Trinajstić information content (AvgIpc) is 2.50. The predicted octanol–water partition coefficient (Wildman–Crippen LogP) is 0.0227. The van der Waals surface area contributed by atoms with Crippen LogP contribution >= 0.6 is 0 Å². The SMILES string of the molecule is CC(CN1CC1)C(=O)O. The first-order chi connectivity index (χ1) is 4.20. The molecule has 0 aromatic rings. The molecule has 1 rings (SSSR count). The van der Waals surface area contributed by atoms with Gasteiger partial charge in [-0.2, -0.15) is 0 Å². The van der Waals surface area contributed by atoms with Gasteiger partial charge in [-0.25, -0.2) is 0 Å². The summed E-state index contributed by atoms with van der Waals surface area (Å²) in [6.07, 6.45) is 0. The summed E-state index contributed by atoms with van der Waals surface area (Å²) >= 11 is 0. The van der Waals surface area contributed by atoms with E-state index in [4.69, 9.17) is 5.11 Å². The Kier molecular flexibility index (Phi) is 1.71. The van der Waals surface area contributed by atoms with Gasteiger partial charge in [0.1, 0.15) is 0 Å². The van der Waals surface area contributed by atoms with Gasteiger partial charge in [0.2, 0.25) is 0 Å². The molecule has 0 bridgehead atoms. The van der Waals surface area contributed by atoms with Crippen molar-refractivity contribution in [1.29, 1.82) is 0 Å². The minimum Gasteiger partial charge on any atom is -0.481 e. The first-order valence-electron chi connectivity index (χ1n) is 3.15. The van der Waals surface area contributed by atoms with Crippen LogP contribution in [0.5, 0.6) is 0 Å². The zero-order chi connectivity index (χ0) is 6.85. The molecule has 0 aromatic carbocycles. The molecule has 1 heterocycles. The summed E-state index contributed by atoms with van der Waals surface area (Å²) in [5.41, 5.74) is 0. The number of rotatable bonds is 3. The maximum Gasteiger partial charge on any atom is 0.307 e. The van der Waals surface area contributed by atoms with Gasteiger partial charge in [-0.05, 0) is 0 Å². The van der Waals surface area contributed by atoms with Gasteiger partial charge in [-0.1, -0.05) is 6.92 Å². The summed E-state index contributed by atoms with van der Waals surface area (Å²) in [7, 11) is 0. The molecule has 3 nitrogen and oxygen atoms in total. The zero-order valence-electron chi connectivity index (χ0n) is 5.50. The first-order valence-corrected chi connectivity index (χ1v) is 3.15. The van der Waals surface area contributed by atoms with E-state index in [1.165, 1.54) is 0 Å². The van der Waals surface area contributed by atoms with Crippen molar-refractivity contribution in [2.45, 2.75) is 6.92 Å². The zero-order valence-corrected chi connectivity index (χ0v) is 5.50. The molecule has 0 amide bonds. The molecule has 0 saturated carbocycles. The van der Waals surface area contributed by atoms with Crippen LogP contribution in [-0.2, 0) is 4.79 Å². The fourth-order valence-electron chi connectivity index (χ4n) is 0.719. The summed E-state index contributed by atoms with van der Waals surface area (Å²) in [5, 5.41) is 8.43. The van der Waals surface area contributed by atoms with Gasteiger partial charge in [0, 0.05) is 19.6 Å². The number of carboxylic acids is 1. The molecule has 1 fully saturated rings. The molecule has 0 spiro atoms. The summed E-state index contributed by atoms with van der Waals surface area (Å²) in [6.45, 7) is 4.62. The van der Waals surface area contributed by atoms with Crippen molar-refractivity contribution in [3.05, 3.63) is 0 Å². The second-order valence-corrected chi connectivity index (χ2v) is 2.54. The van der Waals surface area contributed by atoms with Crippen molar-refractivity contribution in [2.75, 3.05) is 19.6 Å². The Morgan fingerprint density at radius 1 is 1.78 bits per heavy atom. The number of aliphatic carboxylic acids is 1. The lowest BCUT2D eigenvalue weighted by atomic mass is 10.2. The van der Waals surface area contributed by atoms with Crippen LogP contribution in [0.4, 0.5) is 0 Å². The van der Waals surface area contributed by atoms with Crippen LogP contribution in [0.3, 0.4) is 0 Å². The van der Waals surface area contributed by atoms with Gasteiger partial charge in [-0.15, -0.1) is 0 Å². The van der Waals surface area contributed by atoms with Crippen molar-refractivity contribution in [1.82, 2.24) is 4.90 Å². The second kappa shape index (κ2) is 2.35. The Hall–Kier alpha value is -0.570. The van der Waals surface area contributed by atoms with Crippen molar-refractivity contribution in [3.63, 3.8) is 0 Å². The normalized spacial score (nSPS) is 21.4. The van der Waals surface area contributed by atoms with E-state index in [2.05, 4.69) is 4.90 Å². The van der Waals surface area contributed by atoms with Gasteiger partial charge < -0.3 is 5.11 Å². The van der Waals surface area contributed by atoms with E-state index in [1.54, 1.807) is 6.92 Å². The van der Waals surface area contributed by atoms with Gasteiger partial charge in [0.15, 0.2) is 0 Å². The second-order valence-electron chi connectivity index (χ2n) is 2.54. The molecular weight excluding hydrogens is 118 g/mol. The lowest BCUT2D eigenvalue weighted by Crippen LogP contribution is -2.18. The summed E-state index contributed by atoms with van der Waals surface area (Å²) in [5.74, 6) is -0.894. The highest BCUT2D eigenvalue weighted by atomic mass is 16.4. The quantitative estimate of drug-likeness (QED) is 0.546. The van der Waals surface area contributed by atoms with Crippen molar-refractivity contribution in [3.8, 4) is 0 Å². The molecule has 0 aliphatic carbocycles. The molecule has 1 saturated heterocycles. The number of carboxylic acid groups (broad SMARTS) is 1. The minimum absolute atomic E-state index is 0.201. The highest BCUT2D eigenvalue weighted by Crippen LogP contribution is 2.07. The fraction of sp³-hybridized carbons (Fsp3) is 0.833. The Labute approximate surface area is 54.3 Å². The average molecular weight is 129 g/mol. The maximum atomic E-state index is 10.2. The Morgan fingerprint density at radius 2 is 2.33 bits per heavy atom. The first kappa shape index (κ1) is 6.55. The van der Waals surface area contributed by atoms with Gasteiger partial charge >= 0.3 is 5.97 Å². The van der Waals surface area contributed by atoms with Crippen molar-refractivity contribution in [2.24, 2.45) is 5.92 Å². The molecule has 0 aromatic heterocycles. The fourth-order valence-corrected chi connectivity index (χ4v) is 0.719. The summed E-state index contributed by atoms with van der Waals surface area (Å²) < 4.78 is 0. The topological polar surface area (TPSA) is 40.3 Å². The maximum absolute atomic E-state index is 10.2. The van der Waals surface area contributed by atoms with E-state index in [1.807, 2.05) is 0 Å². The standard InChI is InChI=1S/C6H11NO2/c1-5(6(8)9)4-7-2-3-7/h5H,2-4H2,1H3,(H,8,9). The van der Waals surface area contributed by atoms with E-state index in [9.17, 15) is 4.79 Å². The van der Waals surface area contributed by atoms with E-state index >= 15 is 0 Å². The highest BCUT2D eigenvalue weighted by Gasteiger charge is 2.22. The third-order valence-corrected chi connectivity index (χ3v) is 1.49. The number of hydrogen-bond donors (Lipinski definition) is 1. The third-order valence-electron chi connectivity index (χ3n) is 1.49. The lowest BCUT2D eigenvalue weighted by molar-refractivity contribution is -0.141. The molecule has 1 aliphatic rings. The van der Waals surface area contributed by atoms with E-state index < -0.39 is 5.97 Å². The molecule has 1 unspecified atom stereocenters. The van der Waals surface area contributed by atoms with Crippen LogP contribution in [-0.4, -0.2) is 35.6 Å². The van der Waals surface area contributed by atoms with E-state index in [-0.39, 0.29) is 5.92 Å². The van der Waals surface area contributed by atoms with Gasteiger partial charge in [0.25, 0.3) is 0 Å². The molecule has 1 N–H and O–H groups in total. The highest BCUT2D eigenvalue weighted by molar-refractivity contribution is 5.69.